The van der Waals surface area contributed by atoms with Crippen molar-refractivity contribution in [1.29, 1.82) is 0 Å². The van der Waals surface area contributed by atoms with Crippen LogP contribution in [-0.2, 0) is 6.42 Å². The molecule has 17 heavy (non-hydrogen) atoms. The third-order valence-electron chi connectivity index (χ3n) is 2.57. The van der Waals surface area contributed by atoms with Gasteiger partial charge in [0.1, 0.15) is 5.69 Å². The van der Waals surface area contributed by atoms with Crippen molar-refractivity contribution in [2.24, 2.45) is 0 Å². The molecule has 88 valence electrons. The number of benzene rings is 1. The number of aryl methyl sites for hydroxylation is 1. The maximum absolute atomic E-state index is 11.0. The van der Waals surface area contributed by atoms with Crippen molar-refractivity contribution in [1.82, 2.24) is 9.97 Å². The molecule has 2 aromatic rings. The van der Waals surface area contributed by atoms with Crippen molar-refractivity contribution in [2.75, 3.05) is 5.73 Å². The molecule has 0 saturated heterocycles. The summed E-state index contributed by atoms with van der Waals surface area (Å²) in [5.74, 6) is -0.958. The van der Waals surface area contributed by atoms with Gasteiger partial charge in [0.2, 0.25) is 0 Å². The Bertz CT molecular complexity index is 543. The lowest BCUT2D eigenvalue weighted by Gasteiger charge is -2.00. The van der Waals surface area contributed by atoms with Crippen LogP contribution in [0.25, 0.3) is 11.3 Å². The van der Waals surface area contributed by atoms with Gasteiger partial charge in [0, 0.05) is 5.56 Å². The van der Waals surface area contributed by atoms with Gasteiger partial charge < -0.3 is 15.8 Å². The summed E-state index contributed by atoms with van der Waals surface area (Å²) in [7, 11) is 0. The van der Waals surface area contributed by atoms with E-state index in [0.717, 1.165) is 12.0 Å². The number of hydrogen-bond acceptors (Lipinski definition) is 3. The summed E-state index contributed by atoms with van der Waals surface area (Å²) in [6.45, 7) is 2.06. The molecule has 0 saturated carbocycles. The normalized spacial score (nSPS) is 10.4. The molecule has 0 radical (unpaired) electrons. The highest BCUT2D eigenvalue weighted by atomic mass is 16.4. The third kappa shape index (κ3) is 2.13. The fourth-order valence-electron chi connectivity index (χ4n) is 1.65. The second-order valence-corrected chi connectivity index (χ2v) is 3.70. The Morgan fingerprint density at radius 2 is 2.06 bits per heavy atom. The van der Waals surface area contributed by atoms with Crippen molar-refractivity contribution in [3.63, 3.8) is 0 Å². The van der Waals surface area contributed by atoms with Gasteiger partial charge >= 0.3 is 5.97 Å². The number of nitrogens with zero attached hydrogens (tertiary/aromatic N) is 1. The van der Waals surface area contributed by atoms with E-state index < -0.39 is 5.97 Å². The molecule has 5 nitrogen and oxygen atoms in total. The smallest absolute Gasteiger partial charge is 0.354 e. The number of nitrogens with one attached hydrogen (secondary N) is 1. The van der Waals surface area contributed by atoms with E-state index in [2.05, 4.69) is 16.9 Å². The summed E-state index contributed by atoms with van der Waals surface area (Å²) < 4.78 is 0. The number of aromatic carboxylic acids is 1. The van der Waals surface area contributed by atoms with Gasteiger partial charge in [0.05, 0.1) is 0 Å². The first-order chi connectivity index (χ1) is 8.11. The van der Waals surface area contributed by atoms with Crippen LogP contribution in [0.4, 0.5) is 5.95 Å². The van der Waals surface area contributed by atoms with Crippen LogP contribution in [0.15, 0.2) is 24.3 Å². The first-order valence-electron chi connectivity index (χ1n) is 5.30. The van der Waals surface area contributed by atoms with Crippen LogP contribution in [0.2, 0.25) is 0 Å². The summed E-state index contributed by atoms with van der Waals surface area (Å²) >= 11 is 0. The predicted octanol–water partition coefficient (Wildman–Crippen LogP) is 1.92. The van der Waals surface area contributed by atoms with Crippen molar-refractivity contribution in [3.8, 4) is 11.3 Å². The van der Waals surface area contributed by atoms with E-state index in [1.807, 2.05) is 24.3 Å². The number of carboxylic acid groups (broad SMARTS) is 1. The molecule has 0 aliphatic heterocycles. The number of aromatic amines is 1. The molecule has 1 aromatic heterocycles. The summed E-state index contributed by atoms with van der Waals surface area (Å²) in [6.07, 6.45) is 0.939. The topological polar surface area (TPSA) is 92.0 Å². The molecule has 0 spiro atoms. The highest BCUT2D eigenvalue weighted by molar-refractivity contribution is 5.93. The standard InChI is InChI=1S/C12H13N3O2/c1-2-7-3-5-8(6-4-7)9-10(11(16)17)15-12(13)14-9/h3-6H,2H2,1H3,(H,16,17)(H3,13,14,15). The van der Waals surface area contributed by atoms with Crippen LogP contribution >= 0.6 is 0 Å². The molecule has 4 N–H and O–H groups in total. The fourth-order valence-corrected chi connectivity index (χ4v) is 1.65. The van der Waals surface area contributed by atoms with E-state index in [4.69, 9.17) is 10.8 Å². The molecule has 2 rings (SSSR count). The number of rotatable bonds is 3. The zero-order valence-corrected chi connectivity index (χ0v) is 9.40. The Balaban J connectivity index is 2.48. The average Bonchev–Trinajstić information content (AvgIpc) is 2.72. The minimum absolute atomic E-state index is 0.0201. The Labute approximate surface area is 98.3 Å². The lowest BCUT2D eigenvalue weighted by molar-refractivity contribution is 0.0692. The van der Waals surface area contributed by atoms with Crippen LogP contribution in [-0.4, -0.2) is 21.0 Å². The van der Waals surface area contributed by atoms with Gasteiger partial charge in [-0.05, 0) is 12.0 Å². The first kappa shape index (κ1) is 11.2. The summed E-state index contributed by atoms with van der Waals surface area (Å²) in [4.78, 5) is 17.5. The van der Waals surface area contributed by atoms with Gasteiger partial charge in [0.15, 0.2) is 11.6 Å². The Hall–Kier alpha value is -2.30. The number of H-pyrrole nitrogens is 1. The molecular weight excluding hydrogens is 218 g/mol. The number of nitrogen functional groups attached to an aromatic ring is 1. The zero-order chi connectivity index (χ0) is 12.4. The number of carbonyl (C=O) groups is 1. The van der Waals surface area contributed by atoms with E-state index in [0.29, 0.717) is 5.69 Å². The molecule has 1 aromatic carbocycles. The quantitative estimate of drug-likeness (QED) is 0.752. The van der Waals surface area contributed by atoms with Crippen molar-refractivity contribution in [3.05, 3.63) is 35.5 Å². The zero-order valence-electron chi connectivity index (χ0n) is 9.40. The second kappa shape index (κ2) is 4.29. The van der Waals surface area contributed by atoms with E-state index in [1.165, 1.54) is 5.56 Å². The molecular formula is C12H13N3O2. The molecule has 1 heterocycles. The molecule has 0 amide bonds. The largest absolute Gasteiger partial charge is 0.477 e. The van der Waals surface area contributed by atoms with Gasteiger partial charge in [0.25, 0.3) is 0 Å². The number of imidazole rings is 1. The predicted molar refractivity (Wildman–Crippen MR) is 64.8 cm³/mol. The van der Waals surface area contributed by atoms with E-state index in [9.17, 15) is 4.79 Å². The molecule has 0 aliphatic carbocycles. The lowest BCUT2D eigenvalue weighted by Crippen LogP contribution is -1.99. The second-order valence-electron chi connectivity index (χ2n) is 3.70. The van der Waals surface area contributed by atoms with Crippen molar-refractivity contribution >= 4 is 11.9 Å². The molecule has 0 bridgehead atoms. The minimum Gasteiger partial charge on any atom is -0.477 e. The van der Waals surface area contributed by atoms with Gasteiger partial charge in [-0.25, -0.2) is 9.78 Å². The summed E-state index contributed by atoms with van der Waals surface area (Å²) in [5.41, 5.74) is 7.81. The maximum Gasteiger partial charge on any atom is 0.354 e. The highest BCUT2D eigenvalue weighted by Gasteiger charge is 2.16. The fraction of sp³-hybridized carbons (Fsp3) is 0.167. The molecule has 0 unspecified atom stereocenters. The lowest BCUT2D eigenvalue weighted by atomic mass is 10.1. The monoisotopic (exact) mass is 231 g/mol. The van der Waals surface area contributed by atoms with Gasteiger partial charge in [-0.2, -0.15) is 0 Å². The molecule has 0 fully saturated rings. The van der Waals surface area contributed by atoms with E-state index in [-0.39, 0.29) is 11.6 Å². The molecule has 0 atom stereocenters. The van der Waals surface area contributed by atoms with Crippen LogP contribution in [0.5, 0.6) is 0 Å². The Morgan fingerprint density at radius 1 is 1.41 bits per heavy atom. The van der Waals surface area contributed by atoms with Crippen molar-refractivity contribution < 1.29 is 9.90 Å². The number of aromatic nitrogens is 2. The van der Waals surface area contributed by atoms with E-state index in [1.54, 1.807) is 0 Å². The summed E-state index contributed by atoms with van der Waals surface area (Å²) in [6, 6.07) is 7.60. The Kier molecular flexibility index (Phi) is 2.82. The number of nitrogens with two attached hydrogens (primary N) is 1. The first-order valence-corrected chi connectivity index (χ1v) is 5.30. The highest BCUT2D eigenvalue weighted by Crippen LogP contribution is 2.23. The van der Waals surface area contributed by atoms with E-state index >= 15 is 0 Å². The van der Waals surface area contributed by atoms with Gasteiger partial charge in [-0.1, -0.05) is 31.2 Å². The van der Waals surface area contributed by atoms with Crippen LogP contribution in [0.1, 0.15) is 23.0 Å². The number of carboxylic acids is 1. The van der Waals surface area contributed by atoms with Crippen LogP contribution in [0, 0.1) is 0 Å². The molecule has 5 heteroatoms. The van der Waals surface area contributed by atoms with Crippen molar-refractivity contribution in [2.45, 2.75) is 13.3 Å². The Morgan fingerprint density at radius 3 is 2.59 bits per heavy atom. The summed E-state index contributed by atoms with van der Waals surface area (Å²) in [5, 5.41) is 9.01. The van der Waals surface area contributed by atoms with Gasteiger partial charge in [-0.15, -0.1) is 0 Å². The molecule has 0 aliphatic rings. The third-order valence-corrected chi connectivity index (χ3v) is 2.57. The van der Waals surface area contributed by atoms with Gasteiger partial charge in [-0.3, -0.25) is 0 Å². The average molecular weight is 231 g/mol. The SMILES string of the molecule is CCc1ccc(-c2nc(N)[nH]c2C(=O)O)cc1. The van der Waals surface area contributed by atoms with Crippen LogP contribution in [0.3, 0.4) is 0 Å². The number of hydrogen-bond donors (Lipinski definition) is 3. The van der Waals surface area contributed by atoms with Crippen LogP contribution < -0.4 is 5.73 Å². The number of anilines is 1. The maximum atomic E-state index is 11.0. The minimum atomic E-state index is -1.07.